The fourth-order valence-corrected chi connectivity index (χ4v) is 3.09. The van der Waals surface area contributed by atoms with Crippen molar-refractivity contribution in [3.05, 3.63) is 63.1 Å². The van der Waals surface area contributed by atoms with E-state index in [0.29, 0.717) is 0 Å². The van der Waals surface area contributed by atoms with Gasteiger partial charge in [0.1, 0.15) is 0 Å². The van der Waals surface area contributed by atoms with Crippen molar-refractivity contribution in [2.75, 3.05) is 0 Å². The summed E-state index contributed by atoms with van der Waals surface area (Å²) in [4.78, 5) is 21.7. The van der Waals surface area contributed by atoms with Crippen LogP contribution in [0.25, 0.3) is 0 Å². The zero-order valence-electron chi connectivity index (χ0n) is 12.2. The number of carbonyl (C=O) groups is 2. The first-order valence-electron chi connectivity index (χ1n) is 6.48. The molecule has 7 nitrogen and oxygen atoms in total. The summed E-state index contributed by atoms with van der Waals surface area (Å²) in [7, 11) is -4.21. The molecule has 0 unspecified atom stereocenters. The van der Waals surface area contributed by atoms with Gasteiger partial charge in [-0.15, -0.1) is 0 Å². The van der Waals surface area contributed by atoms with Crippen molar-refractivity contribution >= 4 is 51.4 Å². The molecule has 2 N–H and O–H groups in total. The van der Waals surface area contributed by atoms with Gasteiger partial charge in [-0.2, -0.15) is 12.8 Å². The first-order chi connectivity index (χ1) is 11.6. The lowest BCUT2D eigenvalue weighted by atomic mass is 10.1. The number of hydrogen-bond donors (Lipinski definition) is 2. The predicted molar refractivity (Wildman–Crippen MR) is 91.6 cm³/mol. The Bertz CT molecular complexity index is 1000. The van der Waals surface area contributed by atoms with Crippen LogP contribution >= 0.6 is 23.2 Å². The van der Waals surface area contributed by atoms with Crippen molar-refractivity contribution in [1.82, 2.24) is 0 Å². The van der Waals surface area contributed by atoms with Gasteiger partial charge in [0.05, 0.1) is 26.1 Å². The van der Waals surface area contributed by atoms with E-state index < -0.39 is 22.0 Å². The first kappa shape index (κ1) is 18.9. The third-order valence-electron chi connectivity index (χ3n) is 3.03. The SMILES string of the molecule is O=C(O)c1cc(C=NS(=O)(=O)c2ccc(Cl)c(C(=O)O)c2)ccc1Cl. The summed E-state index contributed by atoms with van der Waals surface area (Å²) >= 11 is 11.4. The molecule has 10 heteroatoms. The highest BCUT2D eigenvalue weighted by Gasteiger charge is 2.17. The Hall–Kier alpha value is -2.42. The quantitative estimate of drug-likeness (QED) is 0.741. The molecule has 0 radical (unpaired) electrons. The maximum atomic E-state index is 12.2. The van der Waals surface area contributed by atoms with Gasteiger partial charge in [-0.1, -0.05) is 29.3 Å². The third kappa shape index (κ3) is 4.36. The summed E-state index contributed by atoms with van der Waals surface area (Å²) in [6.45, 7) is 0. The second-order valence-corrected chi connectivity index (χ2v) is 7.15. The first-order valence-corrected chi connectivity index (χ1v) is 8.67. The fraction of sp³-hybridized carbons (Fsp3) is 0. The van der Waals surface area contributed by atoms with Crippen LogP contribution in [0.2, 0.25) is 10.0 Å². The molecule has 0 saturated carbocycles. The number of halogens is 2. The second-order valence-electron chi connectivity index (χ2n) is 4.70. The predicted octanol–water partition coefficient (Wildman–Crippen LogP) is 3.20. The minimum Gasteiger partial charge on any atom is -0.478 e. The van der Waals surface area contributed by atoms with Crippen molar-refractivity contribution in [2.24, 2.45) is 4.40 Å². The smallest absolute Gasteiger partial charge is 0.337 e. The van der Waals surface area contributed by atoms with Crippen molar-refractivity contribution in [3.8, 4) is 0 Å². The molecule has 0 heterocycles. The molecule has 0 amide bonds. The van der Waals surface area contributed by atoms with E-state index in [-0.39, 0.29) is 31.6 Å². The van der Waals surface area contributed by atoms with Gasteiger partial charge in [-0.3, -0.25) is 0 Å². The van der Waals surface area contributed by atoms with Crippen LogP contribution in [0, 0.1) is 0 Å². The summed E-state index contributed by atoms with van der Waals surface area (Å²) in [5, 5.41) is 17.9. The molecule has 25 heavy (non-hydrogen) atoms. The van der Waals surface area contributed by atoms with E-state index in [2.05, 4.69) is 4.40 Å². The topological polar surface area (TPSA) is 121 Å². The molecule has 2 aromatic carbocycles. The number of rotatable bonds is 5. The van der Waals surface area contributed by atoms with Gasteiger partial charge in [0.2, 0.25) is 0 Å². The number of nitrogens with zero attached hydrogens (tertiary/aromatic N) is 1. The normalized spacial score (nSPS) is 11.6. The van der Waals surface area contributed by atoms with E-state index in [4.69, 9.17) is 33.4 Å². The Balaban J connectivity index is 2.41. The average molecular weight is 402 g/mol. The lowest BCUT2D eigenvalue weighted by Gasteiger charge is -2.03. The summed E-state index contributed by atoms with van der Waals surface area (Å²) in [6.07, 6.45) is 0.938. The molecule has 2 rings (SSSR count). The van der Waals surface area contributed by atoms with Crippen molar-refractivity contribution in [2.45, 2.75) is 4.90 Å². The van der Waals surface area contributed by atoms with Gasteiger partial charge in [0, 0.05) is 6.21 Å². The monoisotopic (exact) mass is 401 g/mol. The lowest BCUT2D eigenvalue weighted by Crippen LogP contribution is -2.03. The van der Waals surface area contributed by atoms with E-state index in [9.17, 15) is 18.0 Å². The fourth-order valence-electron chi connectivity index (χ4n) is 1.81. The molecule has 0 aliphatic carbocycles. The van der Waals surface area contributed by atoms with Crippen LogP contribution < -0.4 is 0 Å². The Morgan fingerprint density at radius 1 is 0.920 bits per heavy atom. The van der Waals surface area contributed by atoms with Crippen LogP contribution in [0.1, 0.15) is 26.3 Å². The number of sulfonamides is 1. The maximum absolute atomic E-state index is 12.2. The van der Waals surface area contributed by atoms with E-state index in [0.717, 1.165) is 30.5 Å². The molecule has 0 aliphatic rings. The molecule has 0 fully saturated rings. The molecule has 0 aliphatic heterocycles. The van der Waals surface area contributed by atoms with Crippen molar-refractivity contribution < 1.29 is 28.2 Å². The molecule has 2 aromatic rings. The zero-order valence-corrected chi connectivity index (χ0v) is 14.5. The van der Waals surface area contributed by atoms with Gasteiger partial charge < -0.3 is 10.2 Å². The number of carboxylic acids is 2. The Morgan fingerprint density at radius 3 is 2.00 bits per heavy atom. The Kier molecular flexibility index (Phi) is 5.46. The summed E-state index contributed by atoms with van der Waals surface area (Å²) in [6, 6.07) is 6.99. The van der Waals surface area contributed by atoms with E-state index in [1.807, 2.05) is 0 Å². The molecule has 0 saturated heterocycles. The molecule has 0 bridgehead atoms. The average Bonchev–Trinajstić information content (AvgIpc) is 2.53. The Labute approximate surface area is 152 Å². The Morgan fingerprint density at radius 2 is 1.44 bits per heavy atom. The molecule has 0 aromatic heterocycles. The van der Waals surface area contributed by atoms with Crippen molar-refractivity contribution in [3.63, 3.8) is 0 Å². The summed E-state index contributed by atoms with van der Waals surface area (Å²) < 4.78 is 27.8. The zero-order chi connectivity index (χ0) is 18.8. The van der Waals surface area contributed by atoms with Gasteiger partial charge in [-0.05, 0) is 35.9 Å². The van der Waals surface area contributed by atoms with E-state index >= 15 is 0 Å². The highest BCUT2D eigenvalue weighted by atomic mass is 35.5. The van der Waals surface area contributed by atoms with Crippen LogP contribution in [0.5, 0.6) is 0 Å². The second kappa shape index (κ2) is 7.22. The minimum absolute atomic E-state index is 0.00342. The van der Waals surface area contributed by atoms with Crippen molar-refractivity contribution in [1.29, 1.82) is 0 Å². The van der Waals surface area contributed by atoms with Gasteiger partial charge >= 0.3 is 11.9 Å². The standard InChI is InChI=1S/C15H9Cl2NO6S/c16-12-3-1-8(5-10(12)14(19)20)7-18-25(23,24)9-2-4-13(17)11(6-9)15(21)22/h1-7H,(H,19,20)(H,21,22). The molecule has 0 atom stereocenters. The van der Waals surface area contributed by atoms with E-state index in [1.165, 1.54) is 12.1 Å². The maximum Gasteiger partial charge on any atom is 0.337 e. The van der Waals surface area contributed by atoms with Gasteiger partial charge in [0.25, 0.3) is 10.0 Å². The number of aromatic carboxylic acids is 2. The van der Waals surface area contributed by atoms with Crippen LogP contribution in [0.15, 0.2) is 45.7 Å². The lowest BCUT2D eigenvalue weighted by molar-refractivity contribution is 0.0686. The van der Waals surface area contributed by atoms with Gasteiger partial charge in [-0.25, -0.2) is 9.59 Å². The van der Waals surface area contributed by atoms with Crippen LogP contribution in [0.4, 0.5) is 0 Å². The minimum atomic E-state index is -4.21. The largest absolute Gasteiger partial charge is 0.478 e. The summed E-state index contributed by atoms with van der Waals surface area (Å²) in [5.41, 5.74) is -0.391. The number of carboxylic acid groups (broad SMARTS) is 2. The van der Waals surface area contributed by atoms with Crippen LogP contribution in [-0.4, -0.2) is 36.8 Å². The number of hydrogen-bond acceptors (Lipinski definition) is 4. The van der Waals surface area contributed by atoms with Crippen LogP contribution in [-0.2, 0) is 10.0 Å². The van der Waals surface area contributed by atoms with E-state index in [1.54, 1.807) is 0 Å². The molecule has 0 spiro atoms. The summed E-state index contributed by atoms with van der Waals surface area (Å²) in [5.74, 6) is -2.65. The number of benzene rings is 2. The van der Waals surface area contributed by atoms with Gasteiger partial charge in [0.15, 0.2) is 0 Å². The molecular weight excluding hydrogens is 393 g/mol. The molecule has 130 valence electrons. The highest BCUT2D eigenvalue weighted by Crippen LogP contribution is 2.22. The van der Waals surface area contributed by atoms with Crippen LogP contribution in [0.3, 0.4) is 0 Å². The third-order valence-corrected chi connectivity index (χ3v) is 4.92. The molecular formula is C15H9Cl2NO6S. The highest BCUT2D eigenvalue weighted by molar-refractivity contribution is 7.90.